The van der Waals surface area contributed by atoms with E-state index < -0.39 is 0 Å². The van der Waals surface area contributed by atoms with Crippen molar-refractivity contribution in [2.45, 2.75) is 19.3 Å². The van der Waals surface area contributed by atoms with Crippen LogP contribution in [0.5, 0.6) is 0 Å². The Kier molecular flexibility index (Phi) is 2.77. The topological polar surface area (TPSA) is 38.7 Å². The van der Waals surface area contributed by atoms with E-state index in [0.717, 1.165) is 29.3 Å². The second-order valence-electron chi connectivity index (χ2n) is 4.38. The number of hydrogen-bond acceptors (Lipinski definition) is 3. The Bertz CT molecular complexity index is 523. The van der Waals surface area contributed by atoms with Crippen molar-refractivity contribution in [3.63, 3.8) is 0 Å². The fraction of sp³-hybridized carbons (Fsp3) is 0.308. The van der Waals surface area contributed by atoms with E-state index in [9.17, 15) is 0 Å². The van der Waals surface area contributed by atoms with Crippen LogP contribution in [0.2, 0.25) is 5.15 Å². The molecule has 2 heterocycles. The summed E-state index contributed by atoms with van der Waals surface area (Å²) in [5.74, 6) is 0.756. The molecule has 0 N–H and O–H groups in total. The number of aromatic nitrogens is 3. The van der Waals surface area contributed by atoms with Gasteiger partial charge in [0.1, 0.15) is 0 Å². The molecular weight excluding hydrogens is 234 g/mol. The molecule has 2 aromatic heterocycles. The summed E-state index contributed by atoms with van der Waals surface area (Å²) < 4.78 is 0. The molecule has 1 aliphatic rings. The van der Waals surface area contributed by atoms with E-state index in [0.29, 0.717) is 5.15 Å². The van der Waals surface area contributed by atoms with Crippen molar-refractivity contribution < 1.29 is 0 Å². The van der Waals surface area contributed by atoms with Crippen molar-refractivity contribution in [1.82, 2.24) is 15.0 Å². The largest absolute Gasteiger partial charge is 0.264 e. The Morgan fingerprint density at radius 1 is 1.29 bits per heavy atom. The summed E-state index contributed by atoms with van der Waals surface area (Å²) >= 11 is 6.07. The lowest BCUT2D eigenvalue weighted by atomic mass is 10.2. The van der Waals surface area contributed by atoms with E-state index in [1.54, 1.807) is 18.6 Å². The highest BCUT2D eigenvalue weighted by atomic mass is 35.5. The van der Waals surface area contributed by atoms with Crippen molar-refractivity contribution in [2.24, 2.45) is 5.92 Å². The van der Waals surface area contributed by atoms with Gasteiger partial charge in [0.25, 0.3) is 0 Å². The highest BCUT2D eigenvalue weighted by Gasteiger charge is 2.23. The van der Waals surface area contributed by atoms with Crippen molar-refractivity contribution in [2.75, 3.05) is 0 Å². The lowest BCUT2D eigenvalue weighted by molar-refractivity contribution is 0.798. The number of halogens is 1. The predicted molar refractivity (Wildman–Crippen MR) is 66.7 cm³/mol. The van der Waals surface area contributed by atoms with Crippen LogP contribution in [0.15, 0.2) is 30.7 Å². The SMILES string of the molecule is Clc1ncc(-c2cccnc2)nc1CC1CC1. The maximum absolute atomic E-state index is 6.07. The van der Waals surface area contributed by atoms with E-state index >= 15 is 0 Å². The lowest BCUT2D eigenvalue weighted by Gasteiger charge is -2.05. The maximum Gasteiger partial charge on any atom is 0.150 e. The Morgan fingerprint density at radius 3 is 2.88 bits per heavy atom. The summed E-state index contributed by atoms with van der Waals surface area (Å²) in [6, 6.07) is 3.87. The Hall–Kier alpha value is -1.48. The van der Waals surface area contributed by atoms with Crippen LogP contribution >= 0.6 is 11.6 Å². The third kappa shape index (κ3) is 2.44. The van der Waals surface area contributed by atoms with Crippen LogP contribution in [0.3, 0.4) is 0 Å². The van der Waals surface area contributed by atoms with Crippen LogP contribution in [0.1, 0.15) is 18.5 Å². The van der Waals surface area contributed by atoms with Gasteiger partial charge < -0.3 is 0 Å². The van der Waals surface area contributed by atoms with Gasteiger partial charge in [-0.25, -0.2) is 9.97 Å². The second-order valence-corrected chi connectivity index (χ2v) is 4.74. The molecule has 0 saturated heterocycles. The first-order chi connectivity index (χ1) is 8.33. The highest BCUT2D eigenvalue weighted by molar-refractivity contribution is 6.30. The Balaban J connectivity index is 1.95. The zero-order valence-electron chi connectivity index (χ0n) is 9.31. The minimum absolute atomic E-state index is 0.532. The third-order valence-corrected chi connectivity index (χ3v) is 3.25. The van der Waals surface area contributed by atoms with Crippen LogP contribution in [-0.4, -0.2) is 15.0 Å². The summed E-state index contributed by atoms with van der Waals surface area (Å²) in [7, 11) is 0. The summed E-state index contributed by atoms with van der Waals surface area (Å²) in [5.41, 5.74) is 2.74. The monoisotopic (exact) mass is 245 g/mol. The molecule has 0 atom stereocenters. The molecule has 17 heavy (non-hydrogen) atoms. The van der Waals surface area contributed by atoms with Gasteiger partial charge in [-0.3, -0.25) is 4.98 Å². The number of nitrogens with zero attached hydrogens (tertiary/aromatic N) is 3. The Morgan fingerprint density at radius 2 is 2.18 bits per heavy atom. The van der Waals surface area contributed by atoms with Crippen LogP contribution in [-0.2, 0) is 6.42 Å². The van der Waals surface area contributed by atoms with Crippen molar-refractivity contribution in [3.8, 4) is 11.3 Å². The summed E-state index contributed by atoms with van der Waals surface area (Å²) in [6.45, 7) is 0. The van der Waals surface area contributed by atoms with E-state index in [1.165, 1.54) is 12.8 Å². The van der Waals surface area contributed by atoms with Crippen molar-refractivity contribution >= 4 is 11.6 Å². The first kappa shape index (κ1) is 10.7. The highest BCUT2D eigenvalue weighted by Crippen LogP contribution is 2.33. The first-order valence-electron chi connectivity index (χ1n) is 5.75. The molecule has 1 saturated carbocycles. The molecule has 1 fully saturated rings. The molecule has 86 valence electrons. The molecule has 0 spiro atoms. The molecular formula is C13H12ClN3. The minimum Gasteiger partial charge on any atom is -0.264 e. The zero-order chi connectivity index (χ0) is 11.7. The molecule has 0 aromatic carbocycles. The molecule has 1 aliphatic carbocycles. The molecule has 0 bridgehead atoms. The lowest BCUT2D eigenvalue weighted by Crippen LogP contribution is -1.98. The third-order valence-electron chi connectivity index (χ3n) is 2.93. The van der Waals surface area contributed by atoms with E-state index in [-0.39, 0.29) is 0 Å². The van der Waals surface area contributed by atoms with Gasteiger partial charge in [0.15, 0.2) is 5.15 Å². The average Bonchev–Trinajstić information content (AvgIpc) is 3.17. The summed E-state index contributed by atoms with van der Waals surface area (Å²) in [6.07, 6.45) is 8.76. The van der Waals surface area contributed by atoms with Gasteiger partial charge in [-0.15, -0.1) is 0 Å². The molecule has 0 amide bonds. The fourth-order valence-corrected chi connectivity index (χ4v) is 1.96. The minimum atomic E-state index is 0.532. The van der Waals surface area contributed by atoms with Crippen molar-refractivity contribution in [1.29, 1.82) is 0 Å². The average molecular weight is 246 g/mol. The van der Waals surface area contributed by atoms with Gasteiger partial charge >= 0.3 is 0 Å². The maximum atomic E-state index is 6.07. The molecule has 2 aromatic rings. The van der Waals surface area contributed by atoms with E-state index in [4.69, 9.17) is 11.6 Å². The zero-order valence-corrected chi connectivity index (χ0v) is 10.1. The van der Waals surface area contributed by atoms with Crippen LogP contribution in [0.4, 0.5) is 0 Å². The number of hydrogen-bond donors (Lipinski definition) is 0. The molecule has 4 heteroatoms. The standard InChI is InChI=1S/C13H12ClN3/c14-13-11(6-9-3-4-9)17-12(8-16-13)10-2-1-5-15-7-10/h1-2,5,7-9H,3-4,6H2. The first-order valence-corrected chi connectivity index (χ1v) is 6.12. The van der Waals surface area contributed by atoms with Gasteiger partial charge in [-0.05, 0) is 37.3 Å². The van der Waals surface area contributed by atoms with E-state index in [1.807, 2.05) is 12.1 Å². The fourth-order valence-electron chi connectivity index (χ4n) is 1.79. The molecule has 0 aliphatic heterocycles. The second kappa shape index (κ2) is 4.41. The van der Waals surface area contributed by atoms with Gasteiger partial charge in [0.05, 0.1) is 17.6 Å². The van der Waals surface area contributed by atoms with Crippen molar-refractivity contribution in [3.05, 3.63) is 41.6 Å². The van der Waals surface area contributed by atoms with Gasteiger partial charge in [0, 0.05) is 18.0 Å². The molecule has 3 rings (SSSR count). The van der Waals surface area contributed by atoms with Gasteiger partial charge in [-0.1, -0.05) is 11.6 Å². The van der Waals surface area contributed by atoms with Gasteiger partial charge in [0.2, 0.25) is 0 Å². The Labute approximate surface area is 105 Å². The summed E-state index contributed by atoms with van der Waals surface area (Å²) in [5, 5.41) is 0.532. The smallest absolute Gasteiger partial charge is 0.150 e. The van der Waals surface area contributed by atoms with E-state index in [2.05, 4.69) is 15.0 Å². The normalized spacial score (nSPS) is 14.9. The predicted octanol–water partition coefficient (Wildman–Crippen LogP) is 3.14. The molecule has 3 nitrogen and oxygen atoms in total. The van der Waals surface area contributed by atoms with Crippen LogP contribution in [0.25, 0.3) is 11.3 Å². The van der Waals surface area contributed by atoms with Crippen LogP contribution in [0, 0.1) is 5.92 Å². The number of rotatable bonds is 3. The summed E-state index contributed by atoms with van der Waals surface area (Å²) in [4.78, 5) is 12.9. The molecule has 0 radical (unpaired) electrons. The molecule has 0 unspecified atom stereocenters. The van der Waals surface area contributed by atoms with Gasteiger partial charge in [-0.2, -0.15) is 0 Å². The van der Waals surface area contributed by atoms with Crippen LogP contribution < -0.4 is 0 Å². The number of pyridine rings is 1. The quantitative estimate of drug-likeness (QED) is 0.834.